The summed E-state index contributed by atoms with van der Waals surface area (Å²) in [5.74, 6) is 1.17. The van der Waals surface area contributed by atoms with Gasteiger partial charge in [0.15, 0.2) is 0 Å². The van der Waals surface area contributed by atoms with Gasteiger partial charge in [-0.25, -0.2) is 0 Å². The van der Waals surface area contributed by atoms with Gasteiger partial charge in [-0.1, -0.05) is 20.8 Å². The molecule has 2 aliphatic rings. The lowest BCUT2D eigenvalue weighted by Crippen LogP contribution is -2.52. The van der Waals surface area contributed by atoms with Crippen molar-refractivity contribution in [1.29, 1.82) is 0 Å². The second-order valence-corrected chi connectivity index (χ2v) is 7.87. The number of aliphatic hydroxyl groups is 1. The van der Waals surface area contributed by atoms with E-state index >= 15 is 0 Å². The molecule has 0 aromatic carbocycles. The molecule has 1 aliphatic carbocycles. The van der Waals surface area contributed by atoms with E-state index in [4.69, 9.17) is 0 Å². The summed E-state index contributed by atoms with van der Waals surface area (Å²) in [7, 11) is 0. The van der Waals surface area contributed by atoms with Gasteiger partial charge in [-0.05, 0) is 25.2 Å². The van der Waals surface area contributed by atoms with E-state index in [9.17, 15) is 9.90 Å². The minimum Gasteiger partial charge on any atom is -0.395 e. The Morgan fingerprint density at radius 2 is 1.96 bits per heavy atom. The van der Waals surface area contributed by atoms with E-state index in [1.54, 1.807) is 6.20 Å². The average molecular weight is 348 g/mol. The molecule has 0 radical (unpaired) electrons. The number of nitrogens with zero attached hydrogens (tertiary/aromatic N) is 4. The van der Waals surface area contributed by atoms with Crippen LogP contribution in [0.5, 0.6) is 0 Å². The Balaban J connectivity index is 1.69. The van der Waals surface area contributed by atoms with Gasteiger partial charge in [0.1, 0.15) is 0 Å². The molecule has 1 aromatic rings. The summed E-state index contributed by atoms with van der Waals surface area (Å²) < 4.78 is 2.06. The molecule has 1 aromatic heterocycles. The van der Waals surface area contributed by atoms with Gasteiger partial charge in [0.2, 0.25) is 0 Å². The first kappa shape index (κ1) is 18.4. The maximum atomic E-state index is 13.1. The Morgan fingerprint density at radius 3 is 2.48 bits per heavy atom. The Hall–Kier alpha value is -1.40. The van der Waals surface area contributed by atoms with Gasteiger partial charge in [0.25, 0.3) is 5.91 Å². The summed E-state index contributed by atoms with van der Waals surface area (Å²) in [6.07, 6.45) is 5.07. The van der Waals surface area contributed by atoms with E-state index in [2.05, 4.69) is 35.5 Å². The lowest BCUT2D eigenvalue weighted by Gasteiger charge is -2.38. The number of aromatic nitrogens is 2. The lowest BCUT2D eigenvalue weighted by atomic mass is 10.1. The molecule has 1 aliphatic heterocycles. The van der Waals surface area contributed by atoms with Crippen molar-refractivity contribution in [2.75, 3.05) is 32.8 Å². The van der Waals surface area contributed by atoms with Gasteiger partial charge < -0.3 is 10.0 Å². The van der Waals surface area contributed by atoms with E-state index in [1.807, 2.05) is 4.90 Å². The molecule has 1 saturated carbocycles. The first-order valence-corrected chi connectivity index (χ1v) is 9.75. The Morgan fingerprint density at radius 1 is 1.28 bits per heavy atom. The molecular weight excluding hydrogens is 316 g/mol. The number of carbonyl (C=O) groups is 1. The summed E-state index contributed by atoms with van der Waals surface area (Å²) in [6, 6.07) is 0.216. The first-order chi connectivity index (χ1) is 12.0. The summed E-state index contributed by atoms with van der Waals surface area (Å²) in [4.78, 5) is 17.3. The largest absolute Gasteiger partial charge is 0.395 e. The van der Waals surface area contributed by atoms with Crippen molar-refractivity contribution < 1.29 is 9.90 Å². The van der Waals surface area contributed by atoms with Gasteiger partial charge in [-0.2, -0.15) is 5.10 Å². The Bertz CT molecular complexity index is 582. The van der Waals surface area contributed by atoms with Crippen LogP contribution in [0, 0.1) is 5.92 Å². The third-order valence-electron chi connectivity index (χ3n) is 5.41. The van der Waals surface area contributed by atoms with E-state index in [0.717, 1.165) is 50.4 Å². The van der Waals surface area contributed by atoms with Crippen LogP contribution in [0.3, 0.4) is 0 Å². The number of aliphatic hydroxyl groups excluding tert-OH is 1. The van der Waals surface area contributed by atoms with Gasteiger partial charge in [-0.3, -0.25) is 14.4 Å². The molecule has 6 nitrogen and oxygen atoms in total. The zero-order chi connectivity index (χ0) is 18.0. The molecule has 2 fully saturated rings. The molecule has 3 rings (SSSR count). The van der Waals surface area contributed by atoms with Crippen LogP contribution in [0.1, 0.15) is 62.0 Å². The van der Waals surface area contributed by atoms with Crippen molar-refractivity contribution in [3.05, 3.63) is 17.5 Å². The molecule has 0 bridgehead atoms. The summed E-state index contributed by atoms with van der Waals surface area (Å²) in [5, 5.41) is 14.0. The van der Waals surface area contributed by atoms with Crippen molar-refractivity contribution in [1.82, 2.24) is 19.6 Å². The second-order valence-electron chi connectivity index (χ2n) is 7.87. The zero-order valence-electron chi connectivity index (χ0n) is 15.8. The average Bonchev–Trinajstić information content (AvgIpc) is 3.36. The minimum atomic E-state index is 0.133. The molecule has 2 heterocycles. The van der Waals surface area contributed by atoms with Gasteiger partial charge >= 0.3 is 0 Å². The van der Waals surface area contributed by atoms with E-state index in [0.29, 0.717) is 11.8 Å². The van der Waals surface area contributed by atoms with Crippen LogP contribution in [-0.2, 0) is 6.54 Å². The van der Waals surface area contributed by atoms with E-state index in [1.165, 1.54) is 12.8 Å². The molecule has 25 heavy (non-hydrogen) atoms. The van der Waals surface area contributed by atoms with Crippen LogP contribution < -0.4 is 0 Å². The van der Waals surface area contributed by atoms with Gasteiger partial charge in [0.05, 0.1) is 24.1 Å². The maximum Gasteiger partial charge on any atom is 0.257 e. The number of rotatable bonds is 7. The predicted octanol–water partition coefficient (Wildman–Crippen LogP) is 1.95. The van der Waals surface area contributed by atoms with E-state index in [-0.39, 0.29) is 18.6 Å². The molecule has 0 spiro atoms. The molecular formula is C19H32N4O2. The second kappa shape index (κ2) is 7.87. The van der Waals surface area contributed by atoms with Crippen LogP contribution in [0.2, 0.25) is 0 Å². The third kappa shape index (κ3) is 4.06. The van der Waals surface area contributed by atoms with Crippen LogP contribution in [-0.4, -0.2) is 69.4 Å². The number of amides is 1. The highest BCUT2D eigenvalue weighted by Gasteiger charge is 2.34. The van der Waals surface area contributed by atoms with Crippen molar-refractivity contribution in [3.63, 3.8) is 0 Å². The topological polar surface area (TPSA) is 61.6 Å². The molecule has 1 N–H and O–H groups in total. The van der Waals surface area contributed by atoms with Crippen molar-refractivity contribution in [2.24, 2.45) is 5.92 Å². The number of carbonyl (C=O) groups excluding carboxylic acids is 1. The summed E-state index contributed by atoms with van der Waals surface area (Å²) in [6.45, 7) is 10.7. The minimum absolute atomic E-state index is 0.133. The predicted molar refractivity (Wildman–Crippen MR) is 97.7 cm³/mol. The normalized spacial score (nSPS) is 20.3. The fourth-order valence-electron chi connectivity index (χ4n) is 3.80. The molecule has 1 amide bonds. The van der Waals surface area contributed by atoms with Crippen LogP contribution in [0.15, 0.2) is 6.20 Å². The highest BCUT2D eigenvalue weighted by Crippen LogP contribution is 2.42. The standard InChI is InChI=1S/C19H32N4O2/c1-4-16(13-24)21-7-9-22(10-8-21)19(25)17-11-20-23(12-14(2)3)18(17)15-5-6-15/h11,14-16,24H,4-10,12-13H2,1-3H3. The fraction of sp³-hybridized carbons (Fsp3) is 0.789. The summed E-state index contributed by atoms with van der Waals surface area (Å²) in [5.41, 5.74) is 1.97. The Labute approximate surface area is 150 Å². The maximum absolute atomic E-state index is 13.1. The van der Waals surface area contributed by atoms with Crippen LogP contribution in [0.4, 0.5) is 0 Å². The molecule has 1 saturated heterocycles. The van der Waals surface area contributed by atoms with Crippen LogP contribution in [0.25, 0.3) is 0 Å². The quantitative estimate of drug-likeness (QED) is 0.818. The number of piperazine rings is 1. The van der Waals surface area contributed by atoms with Gasteiger partial charge in [-0.15, -0.1) is 0 Å². The monoisotopic (exact) mass is 348 g/mol. The molecule has 1 atom stereocenters. The van der Waals surface area contributed by atoms with Crippen molar-refractivity contribution in [2.45, 2.75) is 58.5 Å². The number of hydrogen-bond donors (Lipinski definition) is 1. The summed E-state index contributed by atoms with van der Waals surface area (Å²) >= 11 is 0. The van der Waals surface area contributed by atoms with Crippen molar-refractivity contribution >= 4 is 5.91 Å². The van der Waals surface area contributed by atoms with Crippen LogP contribution >= 0.6 is 0 Å². The van der Waals surface area contributed by atoms with Gasteiger partial charge in [0, 0.05) is 44.7 Å². The first-order valence-electron chi connectivity index (χ1n) is 9.75. The highest BCUT2D eigenvalue weighted by atomic mass is 16.3. The van der Waals surface area contributed by atoms with Crippen molar-refractivity contribution in [3.8, 4) is 0 Å². The lowest BCUT2D eigenvalue weighted by molar-refractivity contribution is 0.0471. The molecule has 6 heteroatoms. The smallest absolute Gasteiger partial charge is 0.257 e. The highest BCUT2D eigenvalue weighted by molar-refractivity contribution is 5.95. The third-order valence-corrected chi connectivity index (χ3v) is 5.41. The molecule has 140 valence electrons. The molecule has 1 unspecified atom stereocenters. The number of hydrogen-bond acceptors (Lipinski definition) is 4. The zero-order valence-corrected chi connectivity index (χ0v) is 15.8. The Kier molecular flexibility index (Phi) is 5.79. The van der Waals surface area contributed by atoms with E-state index < -0.39 is 0 Å². The fourth-order valence-corrected chi connectivity index (χ4v) is 3.80. The SMILES string of the molecule is CCC(CO)N1CCN(C(=O)c2cnn(CC(C)C)c2C2CC2)CC1.